The van der Waals surface area contributed by atoms with Crippen LogP contribution in [0.15, 0.2) is 48.7 Å². The minimum Gasteiger partial charge on any atom is -0.466 e. The maximum atomic E-state index is 14.2. The highest BCUT2D eigenvalue weighted by molar-refractivity contribution is 6.30. The first-order valence-electron chi connectivity index (χ1n) is 10.7. The van der Waals surface area contributed by atoms with E-state index in [1.165, 1.54) is 18.3 Å². The number of H-pyrrole nitrogens is 1. The van der Waals surface area contributed by atoms with E-state index in [2.05, 4.69) is 20.7 Å². The summed E-state index contributed by atoms with van der Waals surface area (Å²) >= 11 is 6.00. The molecule has 34 heavy (non-hydrogen) atoms. The highest BCUT2D eigenvalue weighted by Gasteiger charge is 2.26. The molecule has 3 rings (SSSR count). The number of ether oxygens (including phenoxy) is 1. The van der Waals surface area contributed by atoms with Gasteiger partial charge in [0.15, 0.2) is 5.69 Å². The molecule has 8 nitrogen and oxygen atoms in total. The monoisotopic (exact) mass is 483 g/mol. The first kappa shape index (κ1) is 24.9. The fraction of sp³-hybridized carbons (Fsp3) is 0.292. The molecule has 0 aliphatic rings. The van der Waals surface area contributed by atoms with Crippen molar-refractivity contribution in [3.05, 3.63) is 70.8 Å². The minimum atomic E-state index is -0.701. The number of nitrogens with zero attached hydrogens (tertiary/aromatic N) is 3. The van der Waals surface area contributed by atoms with Crippen LogP contribution in [0.1, 0.15) is 35.8 Å². The summed E-state index contributed by atoms with van der Waals surface area (Å²) in [6.45, 7) is 1.88. The first-order chi connectivity index (χ1) is 16.4. The van der Waals surface area contributed by atoms with Crippen molar-refractivity contribution in [3.63, 3.8) is 0 Å². The van der Waals surface area contributed by atoms with E-state index in [1.807, 2.05) is 18.2 Å². The molecule has 0 saturated heterocycles. The van der Waals surface area contributed by atoms with Gasteiger partial charge in [-0.05, 0) is 49.1 Å². The van der Waals surface area contributed by atoms with E-state index in [4.69, 9.17) is 21.6 Å². The molecule has 1 aromatic heterocycles. The molecule has 10 heteroatoms. The minimum absolute atomic E-state index is 0.0395. The van der Waals surface area contributed by atoms with Gasteiger partial charge < -0.3 is 10.1 Å². The second-order valence-corrected chi connectivity index (χ2v) is 8.03. The van der Waals surface area contributed by atoms with Gasteiger partial charge in [0, 0.05) is 23.0 Å². The molecular formula is C24H23ClFN5O3. The lowest BCUT2D eigenvalue weighted by atomic mass is 9.92. The van der Waals surface area contributed by atoms with E-state index in [0.29, 0.717) is 22.6 Å². The number of aromatic amines is 1. The molecular weight excluding hydrogens is 461 g/mol. The number of esters is 1. The zero-order valence-corrected chi connectivity index (χ0v) is 19.2. The maximum Gasteiger partial charge on any atom is 0.310 e. The van der Waals surface area contributed by atoms with E-state index in [9.17, 15) is 14.0 Å². The number of nitrogens with one attached hydrogen (secondary N) is 2. The summed E-state index contributed by atoms with van der Waals surface area (Å²) in [7, 11) is 0. The van der Waals surface area contributed by atoms with Gasteiger partial charge in [-0.15, -0.1) is 0 Å². The third kappa shape index (κ3) is 6.62. The molecule has 3 aromatic rings. The molecule has 0 spiro atoms. The van der Waals surface area contributed by atoms with E-state index < -0.39 is 23.8 Å². The van der Waals surface area contributed by atoms with Crippen molar-refractivity contribution in [2.75, 3.05) is 6.61 Å². The second-order valence-electron chi connectivity index (χ2n) is 7.60. The number of amides is 1. The largest absolute Gasteiger partial charge is 0.466 e. The second kappa shape index (κ2) is 11.9. The van der Waals surface area contributed by atoms with Crippen LogP contribution in [0, 0.1) is 23.1 Å². The van der Waals surface area contributed by atoms with E-state index in [-0.39, 0.29) is 31.0 Å². The summed E-state index contributed by atoms with van der Waals surface area (Å²) < 4.78 is 19.3. The molecule has 0 aliphatic carbocycles. The average molecular weight is 484 g/mol. The zero-order valence-electron chi connectivity index (χ0n) is 18.4. The van der Waals surface area contributed by atoms with Crippen LogP contribution < -0.4 is 5.32 Å². The van der Waals surface area contributed by atoms with Crippen LogP contribution in [0.3, 0.4) is 0 Å². The molecule has 2 N–H and O–H groups in total. The predicted octanol–water partition coefficient (Wildman–Crippen LogP) is 4.09. The summed E-state index contributed by atoms with van der Waals surface area (Å²) in [5.74, 6) is -2.04. The van der Waals surface area contributed by atoms with Crippen molar-refractivity contribution in [1.82, 2.24) is 20.7 Å². The van der Waals surface area contributed by atoms with Gasteiger partial charge in [-0.25, -0.2) is 4.39 Å². The van der Waals surface area contributed by atoms with Gasteiger partial charge in [-0.2, -0.15) is 20.7 Å². The van der Waals surface area contributed by atoms with Gasteiger partial charge in [-0.1, -0.05) is 35.9 Å². The lowest BCUT2D eigenvalue weighted by molar-refractivity contribution is -0.148. The van der Waals surface area contributed by atoms with E-state index in [0.717, 1.165) is 5.56 Å². The lowest BCUT2D eigenvalue weighted by Gasteiger charge is -2.22. The third-order valence-corrected chi connectivity index (χ3v) is 5.42. The normalized spacial score (nSPS) is 12.4. The number of aromatic nitrogens is 3. The lowest BCUT2D eigenvalue weighted by Crippen LogP contribution is -2.39. The molecule has 1 heterocycles. The highest BCUT2D eigenvalue weighted by atomic mass is 35.5. The summed E-state index contributed by atoms with van der Waals surface area (Å²) in [4.78, 5) is 24.9. The number of carbonyl (C=O) groups excluding carboxylic acids is 2. The van der Waals surface area contributed by atoms with Crippen molar-refractivity contribution < 1.29 is 18.7 Å². The van der Waals surface area contributed by atoms with Crippen LogP contribution in [0.2, 0.25) is 5.02 Å². The van der Waals surface area contributed by atoms with Gasteiger partial charge in [-0.3, -0.25) is 9.59 Å². The fourth-order valence-electron chi connectivity index (χ4n) is 3.56. The Kier molecular flexibility index (Phi) is 8.71. The van der Waals surface area contributed by atoms with Crippen LogP contribution in [-0.2, 0) is 16.0 Å². The van der Waals surface area contributed by atoms with Crippen LogP contribution in [0.4, 0.5) is 4.39 Å². The first-order valence-corrected chi connectivity index (χ1v) is 11.0. The van der Waals surface area contributed by atoms with Crippen LogP contribution in [0.25, 0.3) is 11.1 Å². The summed E-state index contributed by atoms with van der Waals surface area (Å²) in [5.41, 5.74) is 1.98. The van der Waals surface area contributed by atoms with Crippen LogP contribution in [-0.4, -0.2) is 39.9 Å². The third-order valence-electron chi connectivity index (χ3n) is 5.18. The molecule has 0 aliphatic heterocycles. The van der Waals surface area contributed by atoms with Crippen molar-refractivity contribution in [2.45, 2.75) is 32.2 Å². The molecule has 176 valence electrons. The number of halogens is 2. The summed E-state index contributed by atoms with van der Waals surface area (Å²) in [5, 5.41) is 22.2. The number of hydrogen-bond donors (Lipinski definition) is 2. The number of hydrogen-bond acceptors (Lipinski definition) is 6. The van der Waals surface area contributed by atoms with Crippen LogP contribution >= 0.6 is 11.6 Å². The highest BCUT2D eigenvalue weighted by Crippen LogP contribution is 2.27. The topological polar surface area (TPSA) is 121 Å². The molecule has 2 atom stereocenters. The molecule has 0 saturated carbocycles. The van der Waals surface area contributed by atoms with Gasteiger partial charge in [0.1, 0.15) is 5.82 Å². The number of rotatable bonds is 10. The standard InChI is InChI=1S/C24H23ClFN5O3/c1-2-34-24(33)17(9-10-27)12-19(29-23(32)22-14-28-31-30-22)11-15-3-5-16(6-4-15)20-13-18(25)7-8-21(20)26/h3-8,13-14,17,19H,2,9,11-12H2,1H3,(H,29,32)(H,28,30,31). The number of benzene rings is 2. The van der Waals surface area contributed by atoms with Crippen LogP contribution in [0.5, 0.6) is 0 Å². The van der Waals surface area contributed by atoms with Crippen molar-refractivity contribution in [1.29, 1.82) is 5.26 Å². The molecule has 1 amide bonds. The Labute approximate surface area is 201 Å². The van der Waals surface area contributed by atoms with Gasteiger partial charge in [0.2, 0.25) is 0 Å². The Bertz CT molecular complexity index is 1160. The molecule has 0 bridgehead atoms. The van der Waals surface area contributed by atoms with Crippen molar-refractivity contribution in [2.24, 2.45) is 5.92 Å². The Morgan fingerprint density at radius 3 is 2.68 bits per heavy atom. The summed E-state index contributed by atoms with van der Waals surface area (Å²) in [6, 6.07) is 13.0. The fourth-order valence-corrected chi connectivity index (χ4v) is 3.74. The maximum absolute atomic E-state index is 14.2. The molecule has 2 aromatic carbocycles. The van der Waals surface area contributed by atoms with Gasteiger partial charge in [0.25, 0.3) is 5.91 Å². The average Bonchev–Trinajstić information content (AvgIpc) is 3.36. The number of nitriles is 1. The zero-order chi connectivity index (χ0) is 24.5. The Balaban J connectivity index is 1.81. The Hall–Kier alpha value is -3.77. The number of carbonyl (C=O) groups is 2. The molecule has 2 unspecified atom stereocenters. The molecule has 0 radical (unpaired) electrons. The van der Waals surface area contributed by atoms with Crippen molar-refractivity contribution >= 4 is 23.5 Å². The van der Waals surface area contributed by atoms with Gasteiger partial charge in [0.05, 0.1) is 24.8 Å². The summed E-state index contributed by atoms with van der Waals surface area (Å²) in [6.07, 6.45) is 1.81. The smallest absolute Gasteiger partial charge is 0.310 e. The van der Waals surface area contributed by atoms with E-state index in [1.54, 1.807) is 25.1 Å². The Morgan fingerprint density at radius 1 is 1.26 bits per heavy atom. The predicted molar refractivity (Wildman–Crippen MR) is 123 cm³/mol. The quantitative estimate of drug-likeness (QED) is 0.419. The Morgan fingerprint density at radius 2 is 2.03 bits per heavy atom. The van der Waals surface area contributed by atoms with Crippen molar-refractivity contribution in [3.8, 4) is 17.2 Å². The van der Waals surface area contributed by atoms with Gasteiger partial charge >= 0.3 is 5.97 Å². The molecule has 0 fully saturated rings. The SMILES string of the molecule is CCOC(=O)C(CC#N)CC(Cc1ccc(-c2cc(Cl)ccc2F)cc1)NC(=O)c1cn[nH]n1. The van der Waals surface area contributed by atoms with E-state index >= 15 is 0 Å².